The summed E-state index contributed by atoms with van der Waals surface area (Å²) < 4.78 is 8.50. The Hall–Kier alpha value is -1.66. The molecule has 0 fully saturated rings. The maximum atomic E-state index is 6.21. The van der Waals surface area contributed by atoms with Crippen LogP contribution in [0.3, 0.4) is 0 Å². The lowest BCUT2D eigenvalue weighted by Crippen LogP contribution is -2.03. The molecule has 3 rings (SSSR count). The normalized spacial score (nSPS) is 11.2. The summed E-state index contributed by atoms with van der Waals surface area (Å²) in [6.07, 6.45) is 2.16. The Balaban J connectivity index is 2.07. The molecule has 0 bridgehead atoms. The highest BCUT2D eigenvalue weighted by molar-refractivity contribution is 7.73. The number of unbranched alkanes of at least 4 members (excludes halogenated alkanes) is 1. The van der Waals surface area contributed by atoms with Gasteiger partial charge in [-0.1, -0.05) is 36.8 Å². The number of nitrogen functional groups attached to an aromatic ring is 1. The van der Waals surface area contributed by atoms with E-state index in [0.29, 0.717) is 11.7 Å². The van der Waals surface area contributed by atoms with Crippen molar-refractivity contribution in [2.24, 2.45) is 0 Å². The summed E-state index contributed by atoms with van der Waals surface area (Å²) in [5.74, 6) is 1.20. The molecular weight excluding hydrogens is 290 g/mol. The van der Waals surface area contributed by atoms with Crippen LogP contribution in [-0.2, 0) is 6.54 Å². The topological polar surface area (TPSA) is 57.0 Å². The van der Waals surface area contributed by atoms with Crippen LogP contribution < -0.4 is 5.73 Å². The summed E-state index contributed by atoms with van der Waals surface area (Å²) in [5, 5.41) is 0. The van der Waals surface area contributed by atoms with Crippen LogP contribution >= 0.6 is 23.6 Å². The Morgan fingerprint density at radius 3 is 2.95 bits per heavy atom. The third kappa shape index (κ3) is 2.25. The van der Waals surface area contributed by atoms with E-state index in [1.165, 1.54) is 11.3 Å². The minimum atomic E-state index is 0.551. The van der Waals surface area contributed by atoms with Gasteiger partial charge in [-0.05, 0) is 30.8 Å². The minimum absolute atomic E-state index is 0.551. The largest absolute Gasteiger partial charge is 0.435 e. The Labute approximate surface area is 125 Å². The van der Waals surface area contributed by atoms with Gasteiger partial charge < -0.3 is 14.7 Å². The number of fused-ring (bicyclic) bond motifs is 1. The number of anilines is 1. The Morgan fingerprint density at radius 1 is 1.40 bits per heavy atom. The van der Waals surface area contributed by atoms with E-state index in [9.17, 15) is 0 Å². The molecule has 0 saturated carbocycles. The molecule has 1 aromatic carbocycles. The van der Waals surface area contributed by atoms with Crippen molar-refractivity contribution in [1.82, 2.24) is 9.55 Å². The minimum Gasteiger partial charge on any atom is -0.435 e. The number of nitrogens with zero attached hydrogens (tertiary/aromatic N) is 2. The molecule has 4 nitrogen and oxygen atoms in total. The van der Waals surface area contributed by atoms with Crippen LogP contribution in [0.25, 0.3) is 21.9 Å². The average Bonchev–Trinajstić information content (AvgIpc) is 2.98. The van der Waals surface area contributed by atoms with E-state index >= 15 is 0 Å². The van der Waals surface area contributed by atoms with Gasteiger partial charge in [-0.2, -0.15) is 0 Å². The molecule has 2 heterocycles. The van der Waals surface area contributed by atoms with Gasteiger partial charge in [0.1, 0.15) is 16.2 Å². The van der Waals surface area contributed by atoms with Gasteiger partial charge in [-0.25, -0.2) is 4.98 Å². The maximum Gasteiger partial charge on any atom is 0.241 e. The molecular formula is C14H15N3OS2. The molecule has 2 aromatic heterocycles. The first-order chi connectivity index (χ1) is 9.70. The van der Waals surface area contributed by atoms with Crippen LogP contribution in [-0.4, -0.2) is 9.55 Å². The van der Waals surface area contributed by atoms with Crippen LogP contribution in [0.4, 0.5) is 5.82 Å². The van der Waals surface area contributed by atoms with Crippen molar-refractivity contribution in [3.63, 3.8) is 0 Å². The summed E-state index contributed by atoms with van der Waals surface area (Å²) in [4.78, 5) is 5.30. The van der Waals surface area contributed by atoms with Crippen LogP contribution in [0.2, 0.25) is 0 Å². The fraction of sp³-hybridized carbons (Fsp3) is 0.286. The second-order valence-corrected chi connectivity index (χ2v) is 6.22. The zero-order valence-electron chi connectivity index (χ0n) is 11.1. The van der Waals surface area contributed by atoms with Gasteiger partial charge in [0.05, 0.1) is 0 Å². The lowest BCUT2D eigenvalue weighted by atomic mass is 10.3. The van der Waals surface area contributed by atoms with E-state index in [2.05, 4.69) is 11.9 Å². The SMILES string of the molecule is CCCCn1c(N)c(-c2nc3ccccc3o2)sc1=S. The molecule has 0 unspecified atom stereocenters. The lowest BCUT2D eigenvalue weighted by molar-refractivity contribution is 0.618. The maximum absolute atomic E-state index is 6.21. The second-order valence-electron chi connectivity index (χ2n) is 4.57. The molecule has 0 aliphatic carbocycles. The Morgan fingerprint density at radius 2 is 2.20 bits per heavy atom. The highest BCUT2D eigenvalue weighted by Gasteiger charge is 2.16. The van der Waals surface area contributed by atoms with Gasteiger partial charge in [0.25, 0.3) is 0 Å². The van der Waals surface area contributed by atoms with Crippen LogP contribution in [0.15, 0.2) is 28.7 Å². The smallest absolute Gasteiger partial charge is 0.241 e. The molecule has 6 heteroatoms. The summed E-state index contributed by atoms with van der Waals surface area (Å²) in [5.41, 5.74) is 7.81. The molecule has 0 amide bonds. The predicted octanol–water partition coefficient (Wildman–Crippen LogP) is 4.47. The van der Waals surface area contributed by atoms with Crippen molar-refractivity contribution in [2.45, 2.75) is 26.3 Å². The van der Waals surface area contributed by atoms with Gasteiger partial charge in [0.2, 0.25) is 5.89 Å². The standard InChI is InChI=1S/C14H15N3OS2/c1-2-3-8-17-12(15)11(20-14(17)19)13-16-9-6-4-5-7-10(9)18-13/h4-7H,2-3,8,15H2,1H3. The zero-order valence-corrected chi connectivity index (χ0v) is 12.8. The third-order valence-corrected chi connectivity index (χ3v) is 4.61. The molecule has 104 valence electrons. The third-order valence-electron chi connectivity index (χ3n) is 3.16. The summed E-state index contributed by atoms with van der Waals surface area (Å²) >= 11 is 6.84. The molecule has 0 aliphatic heterocycles. The summed E-state index contributed by atoms with van der Waals surface area (Å²) in [6, 6.07) is 7.68. The first kappa shape index (κ1) is 13.3. The first-order valence-electron chi connectivity index (χ1n) is 6.55. The zero-order chi connectivity index (χ0) is 14.1. The van der Waals surface area contributed by atoms with Crippen molar-refractivity contribution in [3.8, 4) is 10.8 Å². The molecule has 0 saturated heterocycles. The number of rotatable bonds is 4. The van der Waals surface area contributed by atoms with Crippen molar-refractivity contribution in [2.75, 3.05) is 5.73 Å². The second kappa shape index (κ2) is 5.38. The number of para-hydroxylation sites is 2. The molecule has 0 radical (unpaired) electrons. The van der Waals surface area contributed by atoms with Gasteiger partial charge in [0, 0.05) is 6.54 Å². The number of aromatic nitrogens is 2. The Bertz CT molecular complexity index is 767. The summed E-state index contributed by atoms with van der Waals surface area (Å²) in [6.45, 7) is 2.99. The van der Waals surface area contributed by atoms with Crippen molar-refractivity contribution < 1.29 is 4.42 Å². The van der Waals surface area contributed by atoms with Crippen molar-refractivity contribution in [3.05, 3.63) is 28.2 Å². The number of benzene rings is 1. The predicted molar refractivity (Wildman–Crippen MR) is 85.5 cm³/mol. The van der Waals surface area contributed by atoms with E-state index in [0.717, 1.165) is 39.3 Å². The quantitative estimate of drug-likeness (QED) is 0.723. The van der Waals surface area contributed by atoms with E-state index in [4.69, 9.17) is 22.4 Å². The lowest BCUT2D eigenvalue weighted by Gasteiger charge is -2.03. The number of thiazole rings is 1. The first-order valence-corrected chi connectivity index (χ1v) is 7.78. The van der Waals surface area contributed by atoms with Crippen molar-refractivity contribution >= 4 is 40.5 Å². The number of nitrogens with two attached hydrogens (primary N) is 1. The molecule has 2 N–H and O–H groups in total. The van der Waals surface area contributed by atoms with Crippen LogP contribution in [0.5, 0.6) is 0 Å². The summed E-state index contributed by atoms with van der Waals surface area (Å²) in [7, 11) is 0. The van der Waals surface area contributed by atoms with Gasteiger partial charge in [-0.15, -0.1) is 0 Å². The fourth-order valence-electron chi connectivity index (χ4n) is 2.07. The van der Waals surface area contributed by atoms with Gasteiger partial charge in [0.15, 0.2) is 9.54 Å². The number of hydrogen-bond donors (Lipinski definition) is 1. The monoisotopic (exact) mass is 305 g/mol. The van der Waals surface area contributed by atoms with Crippen LogP contribution in [0.1, 0.15) is 19.8 Å². The average molecular weight is 305 g/mol. The number of oxazole rings is 1. The molecule has 0 spiro atoms. The van der Waals surface area contributed by atoms with E-state index < -0.39 is 0 Å². The highest BCUT2D eigenvalue weighted by atomic mass is 32.1. The highest BCUT2D eigenvalue weighted by Crippen LogP contribution is 2.34. The molecule has 0 atom stereocenters. The fourth-order valence-corrected chi connectivity index (χ4v) is 3.37. The number of hydrogen-bond acceptors (Lipinski definition) is 5. The van der Waals surface area contributed by atoms with E-state index in [-0.39, 0.29) is 0 Å². The van der Waals surface area contributed by atoms with Gasteiger partial charge >= 0.3 is 0 Å². The van der Waals surface area contributed by atoms with E-state index in [1.54, 1.807) is 0 Å². The van der Waals surface area contributed by atoms with Crippen LogP contribution in [0, 0.1) is 3.95 Å². The molecule has 3 aromatic rings. The van der Waals surface area contributed by atoms with E-state index in [1.807, 2.05) is 28.8 Å². The molecule has 0 aliphatic rings. The Kier molecular flexibility index (Phi) is 3.58. The van der Waals surface area contributed by atoms with Crippen molar-refractivity contribution in [1.29, 1.82) is 0 Å². The molecule has 20 heavy (non-hydrogen) atoms. The van der Waals surface area contributed by atoms with Gasteiger partial charge in [-0.3, -0.25) is 0 Å².